The topological polar surface area (TPSA) is 48.0 Å². The van der Waals surface area contributed by atoms with E-state index in [0.29, 0.717) is 44.5 Å². The van der Waals surface area contributed by atoms with Crippen LogP contribution in [0, 0.1) is 0 Å². The van der Waals surface area contributed by atoms with Gasteiger partial charge in [-0.1, -0.05) is 72.0 Å². The fourth-order valence-corrected chi connectivity index (χ4v) is 4.77. The lowest BCUT2D eigenvalue weighted by atomic mass is 10.1. The highest BCUT2D eigenvalue weighted by molar-refractivity contribution is 8.27. The third-order valence-electron chi connectivity index (χ3n) is 4.70. The van der Waals surface area contributed by atoms with Crippen LogP contribution in [0.15, 0.2) is 77.7 Å². The van der Waals surface area contributed by atoms with Gasteiger partial charge >= 0.3 is 0 Å². The summed E-state index contributed by atoms with van der Waals surface area (Å²) in [5, 5.41) is 0.374. The third kappa shape index (κ3) is 5.50. The highest BCUT2D eigenvalue weighted by Crippen LogP contribution is 2.40. The number of anilines is 1. The Hall–Kier alpha value is -3.00. The number of benzene rings is 3. The molecule has 3 aromatic rings. The van der Waals surface area contributed by atoms with Gasteiger partial charge in [0.15, 0.2) is 15.8 Å². The molecule has 0 radical (unpaired) electrons. The Morgan fingerprint density at radius 3 is 2.36 bits per heavy atom. The molecule has 168 valence electrons. The van der Waals surface area contributed by atoms with Gasteiger partial charge in [0.1, 0.15) is 19.0 Å². The zero-order chi connectivity index (χ0) is 23.2. The Kier molecular flexibility index (Phi) is 7.54. The normalized spacial score (nSPS) is 14.6. The minimum atomic E-state index is -0.176. The Morgan fingerprint density at radius 2 is 1.67 bits per heavy atom. The summed E-state index contributed by atoms with van der Waals surface area (Å²) in [4.78, 5) is 15.0. The van der Waals surface area contributed by atoms with Crippen molar-refractivity contribution in [2.75, 3.05) is 25.2 Å². The first-order valence-electron chi connectivity index (χ1n) is 10.1. The van der Waals surface area contributed by atoms with Gasteiger partial charge in [-0.25, -0.2) is 0 Å². The SMILES string of the molecule is COc1cc(C=C2SC(=S)N(c3ccccc3)C2=O)cc(Cl)c1OCCOc1ccccc1. The number of amides is 1. The van der Waals surface area contributed by atoms with Gasteiger partial charge in [0.25, 0.3) is 5.91 Å². The van der Waals surface area contributed by atoms with Crippen LogP contribution in [0.5, 0.6) is 17.2 Å². The van der Waals surface area contributed by atoms with Crippen molar-refractivity contribution in [1.29, 1.82) is 0 Å². The molecule has 0 aromatic heterocycles. The van der Waals surface area contributed by atoms with Crippen molar-refractivity contribution in [1.82, 2.24) is 0 Å². The van der Waals surface area contributed by atoms with Crippen LogP contribution in [0.25, 0.3) is 6.08 Å². The summed E-state index contributed by atoms with van der Waals surface area (Å²) in [6, 6.07) is 22.3. The van der Waals surface area contributed by atoms with Crippen molar-refractivity contribution in [3.8, 4) is 17.2 Å². The van der Waals surface area contributed by atoms with E-state index in [4.69, 9.17) is 38.0 Å². The largest absolute Gasteiger partial charge is 0.493 e. The van der Waals surface area contributed by atoms with Gasteiger partial charge in [0, 0.05) is 0 Å². The third-order valence-corrected chi connectivity index (χ3v) is 6.28. The molecular formula is C25H20ClNO4S2. The van der Waals surface area contributed by atoms with Crippen molar-refractivity contribution in [2.24, 2.45) is 0 Å². The second-order valence-electron chi connectivity index (χ2n) is 6.90. The van der Waals surface area contributed by atoms with E-state index in [1.807, 2.05) is 60.7 Å². The van der Waals surface area contributed by atoms with Crippen LogP contribution in [-0.4, -0.2) is 30.6 Å². The van der Waals surface area contributed by atoms with Gasteiger partial charge in [0.2, 0.25) is 0 Å². The van der Waals surface area contributed by atoms with Crippen molar-refractivity contribution in [3.05, 3.63) is 88.3 Å². The highest BCUT2D eigenvalue weighted by atomic mass is 35.5. The molecule has 1 amide bonds. The molecule has 0 spiro atoms. The van der Waals surface area contributed by atoms with E-state index in [9.17, 15) is 4.79 Å². The summed E-state index contributed by atoms with van der Waals surface area (Å²) >= 11 is 13.2. The monoisotopic (exact) mass is 497 g/mol. The molecule has 0 N–H and O–H groups in total. The molecule has 1 aliphatic heterocycles. The van der Waals surface area contributed by atoms with Crippen LogP contribution in [-0.2, 0) is 4.79 Å². The van der Waals surface area contributed by atoms with Gasteiger partial charge in [0.05, 0.1) is 22.7 Å². The average Bonchev–Trinajstić information content (AvgIpc) is 3.11. The molecule has 3 aromatic carbocycles. The number of hydrogen-bond acceptors (Lipinski definition) is 6. The Labute approximate surface area is 206 Å². The van der Waals surface area contributed by atoms with Crippen LogP contribution in [0.4, 0.5) is 5.69 Å². The number of ether oxygens (including phenoxy) is 3. The summed E-state index contributed by atoms with van der Waals surface area (Å²) < 4.78 is 17.4. The minimum Gasteiger partial charge on any atom is -0.493 e. The summed E-state index contributed by atoms with van der Waals surface area (Å²) in [6.45, 7) is 0.646. The fourth-order valence-electron chi connectivity index (χ4n) is 3.20. The maximum atomic E-state index is 13.0. The van der Waals surface area contributed by atoms with E-state index in [2.05, 4.69) is 0 Å². The molecular weight excluding hydrogens is 478 g/mol. The molecule has 0 aliphatic carbocycles. The van der Waals surface area contributed by atoms with Gasteiger partial charge in [-0.2, -0.15) is 0 Å². The lowest BCUT2D eigenvalue weighted by Gasteiger charge is -2.14. The molecule has 0 atom stereocenters. The first-order chi connectivity index (χ1) is 16.1. The predicted molar refractivity (Wildman–Crippen MR) is 138 cm³/mol. The Bertz CT molecular complexity index is 1190. The number of thioether (sulfide) groups is 1. The number of nitrogens with zero attached hydrogens (tertiary/aromatic N) is 1. The average molecular weight is 498 g/mol. The van der Waals surface area contributed by atoms with Crippen LogP contribution in [0.3, 0.4) is 0 Å². The number of carbonyl (C=O) groups excluding carboxylic acids is 1. The zero-order valence-electron chi connectivity index (χ0n) is 17.7. The van der Waals surface area contributed by atoms with E-state index >= 15 is 0 Å². The number of carbonyl (C=O) groups is 1. The number of rotatable bonds is 8. The molecule has 1 heterocycles. The van der Waals surface area contributed by atoms with Crippen molar-refractivity contribution in [2.45, 2.75) is 0 Å². The summed E-state index contributed by atoms with van der Waals surface area (Å²) in [5.74, 6) is 1.48. The van der Waals surface area contributed by atoms with Crippen molar-refractivity contribution in [3.63, 3.8) is 0 Å². The quantitative estimate of drug-likeness (QED) is 0.209. The Balaban J connectivity index is 1.48. The van der Waals surface area contributed by atoms with Gasteiger partial charge in [-0.15, -0.1) is 0 Å². The summed E-state index contributed by atoms with van der Waals surface area (Å²) in [5.41, 5.74) is 1.44. The highest BCUT2D eigenvalue weighted by Gasteiger charge is 2.33. The van der Waals surface area contributed by atoms with E-state index in [1.54, 1.807) is 18.2 Å². The maximum absolute atomic E-state index is 13.0. The number of halogens is 1. The summed E-state index contributed by atoms with van der Waals surface area (Å²) in [6.07, 6.45) is 1.75. The Morgan fingerprint density at radius 1 is 1.00 bits per heavy atom. The first kappa shape index (κ1) is 23.2. The number of hydrogen-bond donors (Lipinski definition) is 0. The van der Waals surface area contributed by atoms with Crippen molar-refractivity contribution < 1.29 is 19.0 Å². The predicted octanol–water partition coefficient (Wildman–Crippen LogP) is 6.21. The minimum absolute atomic E-state index is 0.176. The molecule has 0 bridgehead atoms. The van der Waals surface area contributed by atoms with Crippen LogP contribution in [0.1, 0.15) is 5.56 Å². The molecule has 1 fully saturated rings. The van der Waals surface area contributed by atoms with Crippen LogP contribution in [0.2, 0.25) is 5.02 Å². The first-order valence-corrected chi connectivity index (χ1v) is 11.7. The molecule has 1 saturated heterocycles. The van der Waals surface area contributed by atoms with Gasteiger partial charge in [-0.3, -0.25) is 9.69 Å². The molecule has 5 nitrogen and oxygen atoms in total. The number of para-hydroxylation sites is 2. The molecule has 0 unspecified atom stereocenters. The van der Waals surface area contributed by atoms with E-state index in [0.717, 1.165) is 11.4 Å². The number of methoxy groups -OCH3 is 1. The second kappa shape index (κ2) is 10.7. The van der Waals surface area contributed by atoms with Gasteiger partial charge in [-0.05, 0) is 48.0 Å². The molecule has 0 saturated carbocycles. The van der Waals surface area contributed by atoms with Crippen LogP contribution < -0.4 is 19.1 Å². The van der Waals surface area contributed by atoms with Gasteiger partial charge < -0.3 is 14.2 Å². The van der Waals surface area contributed by atoms with E-state index in [1.165, 1.54) is 23.8 Å². The lowest BCUT2D eigenvalue weighted by Crippen LogP contribution is -2.27. The smallest absolute Gasteiger partial charge is 0.270 e. The maximum Gasteiger partial charge on any atom is 0.270 e. The summed E-state index contributed by atoms with van der Waals surface area (Å²) in [7, 11) is 1.54. The van der Waals surface area contributed by atoms with E-state index < -0.39 is 0 Å². The fraction of sp³-hybridized carbons (Fsp3) is 0.120. The van der Waals surface area contributed by atoms with E-state index in [-0.39, 0.29) is 5.91 Å². The molecule has 4 rings (SSSR count). The standard InChI is InChI=1S/C25H20ClNO4S2/c1-29-21-15-17(14-20(26)23(21)31-13-12-30-19-10-6-3-7-11-19)16-22-24(28)27(25(32)33-22)18-8-4-2-5-9-18/h2-11,14-16H,12-13H2,1H3. The molecule has 1 aliphatic rings. The lowest BCUT2D eigenvalue weighted by molar-refractivity contribution is -0.113. The zero-order valence-corrected chi connectivity index (χ0v) is 20.1. The second-order valence-corrected chi connectivity index (χ2v) is 8.98. The van der Waals surface area contributed by atoms with Crippen LogP contribution >= 0.6 is 35.6 Å². The molecule has 33 heavy (non-hydrogen) atoms. The van der Waals surface area contributed by atoms with Crippen molar-refractivity contribution >= 4 is 57.6 Å². The molecule has 8 heteroatoms. The number of thiocarbonyl (C=S) groups is 1.